The molecule has 0 aliphatic carbocycles. The summed E-state index contributed by atoms with van der Waals surface area (Å²) < 4.78 is 145. The third-order valence-electron chi connectivity index (χ3n) is 9.62. The molecule has 0 saturated heterocycles. The molecule has 0 aliphatic heterocycles. The van der Waals surface area contributed by atoms with E-state index in [1.54, 1.807) is 60.7 Å². The van der Waals surface area contributed by atoms with Crippen LogP contribution in [0.2, 0.25) is 0 Å². The minimum absolute atomic E-state index is 0. The number of anilines is 4. The Morgan fingerprint density at radius 3 is 1.05 bits per heavy atom. The zero-order valence-corrected chi connectivity index (χ0v) is 51.5. The Bertz CT molecular complexity index is 3900. The molecule has 368 valence electrons. The van der Waals surface area contributed by atoms with Crippen molar-refractivity contribution in [2.24, 2.45) is 20.0 Å². The van der Waals surface area contributed by atoms with Gasteiger partial charge in [0, 0.05) is 11.4 Å². The molecule has 0 unspecified atom stereocenters. The summed E-state index contributed by atoms with van der Waals surface area (Å²) in [5.41, 5.74) is 0.812. The molecule has 0 spiro atoms. The fourth-order valence-corrected chi connectivity index (χ4v) is 8.74. The van der Waals surface area contributed by atoms with Crippen LogP contribution in [0.1, 0.15) is 11.1 Å². The fraction of sp³-hybridized carbons (Fsp3) is 0. The fourth-order valence-electron chi connectivity index (χ4n) is 6.42. The molecule has 0 bridgehead atoms. The van der Waals surface area contributed by atoms with Crippen molar-refractivity contribution in [1.82, 2.24) is 29.9 Å². The van der Waals surface area contributed by atoms with Crippen LogP contribution in [0.4, 0.5) is 46.0 Å². The van der Waals surface area contributed by atoms with Crippen LogP contribution in [0.25, 0.3) is 12.2 Å². The number of aromatic amines is 4. The molecule has 24 nitrogen and oxygen atoms in total. The van der Waals surface area contributed by atoms with E-state index in [4.69, 9.17) is 0 Å². The van der Waals surface area contributed by atoms with Gasteiger partial charge in [0.05, 0.1) is 42.3 Å². The Labute approximate surface area is 521 Å². The van der Waals surface area contributed by atoms with Crippen molar-refractivity contribution in [3.63, 3.8) is 0 Å². The smallest absolute Gasteiger partial charge is 0.744 e. The average molecular weight is 1140 g/mol. The molecule has 0 fully saturated rings. The van der Waals surface area contributed by atoms with Crippen molar-refractivity contribution >= 4 is 98.6 Å². The minimum Gasteiger partial charge on any atom is -0.744 e. The van der Waals surface area contributed by atoms with Gasteiger partial charge in [-0.15, -0.1) is 0 Å². The average Bonchev–Trinajstić information content (AvgIpc) is 3.31. The van der Waals surface area contributed by atoms with Crippen LogP contribution >= 0.6 is 0 Å². The van der Waals surface area contributed by atoms with E-state index in [0.29, 0.717) is 22.7 Å². The van der Waals surface area contributed by atoms with Gasteiger partial charge in [0.2, 0.25) is 34.4 Å². The van der Waals surface area contributed by atoms with Gasteiger partial charge in [0.15, 0.2) is 0 Å². The van der Waals surface area contributed by atoms with Crippen molar-refractivity contribution in [2.75, 3.05) is 10.6 Å². The van der Waals surface area contributed by atoms with Gasteiger partial charge < -0.3 is 28.8 Å². The maximum Gasteiger partial charge on any atom is 1.00 e. The third kappa shape index (κ3) is 18.0. The van der Waals surface area contributed by atoms with Crippen molar-refractivity contribution < 1.29 is 170 Å². The molecule has 2 aromatic heterocycles. The van der Waals surface area contributed by atoms with E-state index in [0.717, 1.165) is 48.6 Å². The number of para-hydroxylation sites is 2. The van der Waals surface area contributed by atoms with Gasteiger partial charge in [-0.1, -0.05) is 60.7 Å². The Morgan fingerprint density at radius 1 is 0.395 bits per heavy atom. The molecule has 6 aromatic carbocycles. The quantitative estimate of drug-likeness (QED) is 0.0335. The monoisotopic (exact) mass is 1140 g/mol. The molecular formula is C44H32N12Na4O12S4. The van der Waals surface area contributed by atoms with Crippen molar-refractivity contribution in [2.45, 2.75) is 19.6 Å². The summed E-state index contributed by atoms with van der Waals surface area (Å²) in [6, 6.07) is 33.8. The van der Waals surface area contributed by atoms with Crippen LogP contribution in [-0.2, 0) is 40.5 Å². The Balaban J connectivity index is 0.00000312. The zero-order chi connectivity index (χ0) is 51.3. The minimum atomic E-state index is -5.25. The van der Waals surface area contributed by atoms with Crippen LogP contribution in [-0.4, -0.2) is 81.8 Å². The summed E-state index contributed by atoms with van der Waals surface area (Å²) in [5, 5.41) is 5.81. The second kappa shape index (κ2) is 27.4. The molecular weight excluding hydrogens is 1110 g/mol. The van der Waals surface area contributed by atoms with Gasteiger partial charge in [-0.25, -0.2) is 53.6 Å². The van der Waals surface area contributed by atoms with Crippen molar-refractivity contribution in [1.29, 1.82) is 0 Å². The van der Waals surface area contributed by atoms with Crippen LogP contribution in [0.5, 0.6) is 0 Å². The van der Waals surface area contributed by atoms with Crippen LogP contribution in [0.15, 0.2) is 185 Å². The Morgan fingerprint density at radius 2 is 0.737 bits per heavy atom. The molecule has 76 heavy (non-hydrogen) atoms. The molecule has 0 saturated carbocycles. The number of H-pyrrole nitrogens is 4. The summed E-state index contributed by atoms with van der Waals surface area (Å²) in [6.45, 7) is 0. The van der Waals surface area contributed by atoms with E-state index >= 15 is 0 Å². The van der Waals surface area contributed by atoms with Gasteiger partial charge in [-0.3, -0.25) is 19.9 Å². The normalized spacial score (nSPS) is 12.7. The number of rotatable bonds is 14. The van der Waals surface area contributed by atoms with Gasteiger partial charge in [-0.2, -0.15) is 9.97 Å². The first-order valence-electron chi connectivity index (χ1n) is 20.4. The third-order valence-corrected chi connectivity index (χ3v) is 13.1. The second-order valence-electron chi connectivity index (χ2n) is 14.8. The molecule has 0 aliphatic rings. The van der Waals surface area contributed by atoms with Gasteiger partial charge in [-0.05, 0) is 108 Å². The first kappa shape index (κ1) is 64.0. The molecule has 0 atom stereocenters. The first-order valence-corrected chi connectivity index (χ1v) is 26.0. The molecule has 2 heterocycles. The SMILES string of the molecule is O=S(=O)([O-])c1ccc(Nc2nc(=Nc3ccccc3)[nH]c(=Nc3ccc(/C=C/c4ccc(N=c5[nH]c(Nc6ccc(S(=O)(=O)[O-])cc6)nc(=Nc6ccccc6)[nH]5)cc4S(=O)(=O)[O-])c(S(=O)(=O)[O-])c3)[nH]2)cc1.[Na+].[Na+].[Na+].[Na+]. The van der Waals surface area contributed by atoms with E-state index in [9.17, 15) is 51.9 Å². The first-order chi connectivity index (χ1) is 34.1. The maximum absolute atomic E-state index is 12.7. The van der Waals surface area contributed by atoms with E-state index in [-0.39, 0.29) is 175 Å². The summed E-state index contributed by atoms with van der Waals surface area (Å²) in [4.78, 5) is 35.3. The molecule has 8 rings (SSSR count). The summed E-state index contributed by atoms with van der Waals surface area (Å²) in [7, 11) is -19.9. The predicted molar refractivity (Wildman–Crippen MR) is 253 cm³/mol. The second-order valence-corrected chi connectivity index (χ2v) is 20.2. The van der Waals surface area contributed by atoms with Gasteiger partial charge in [0.25, 0.3) is 0 Å². The van der Waals surface area contributed by atoms with E-state index in [1.807, 2.05) is 0 Å². The molecule has 0 amide bonds. The standard InChI is InChI=1S/C44H36N12O12S4.4Na/c57-69(58,59)35-21-17-31(18-22-35)47-41-51-39(45-29-7-3-1-4-8-29)53-43(55-41)49-33-15-13-27(37(25-33)71(63,64)65)11-12-28-14-16-34(26-38(28)72(66,67)68)50-44-54-40(46-30-9-5-2-6-10-30)52-42(56-44)48-32-19-23-36(24-20-32)70(60,61)62;;;;/h1-26H,(H,57,58,59)(H,60,61,62)(H,63,64,65)(H,66,67,68)(H3,45,47,49,51,53,55)(H3,46,48,50,52,54,56);;;;/q;4*+1/p-4/b12-11+;;;;. The van der Waals surface area contributed by atoms with Crippen LogP contribution < -0.4 is 151 Å². The van der Waals surface area contributed by atoms with Gasteiger partial charge >= 0.3 is 118 Å². The topological polar surface area (TPSA) is 391 Å². The molecule has 8 aromatic rings. The predicted octanol–water partition coefficient (Wildman–Crippen LogP) is -7.99. The maximum atomic E-state index is 12.7. The number of nitrogens with zero attached hydrogens (tertiary/aromatic N) is 6. The summed E-state index contributed by atoms with van der Waals surface area (Å²) in [5.74, 6) is 0.00685. The number of nitrogens with one attached hydrogen (secondary N) is 6. The van der Waals surface area contributed by atoms with Crippen molar-refractivity contribution in [3.8, 4) is 0 Å². The number of hydrogen-bond donors (Lipinski definition) is 6. The number of hydrogen-bond acceptors (Lipinski definition) is 20. The largest absolute Gasteiger partial charge is 1.00 e. The van der Waals surface area contributed by atoms with Crippen LogP contribution in [0, 0.1) is 0 Å². The van der Waals surface area contributed by atoms with E-state index in [1.165, 1.54) is 48.5 Å². The Kier molecular flexibility index (Phi) is 23.1. The summed E-state index contributed by atoms with van der Waals surface area (Å²) >= 11 is 0. The van der Waals surface area contributed by atoms with E-state index in [2.05, 4.69) is 60.5 Å². The molecule has 6 N–H and O–H groups in total. The van der Waals surface area contributed by atoms with Crippen molar-refractivity contribution in [3.05, 3.63) is 179 Å². The number of aromatic nitrogens is 6. The Hall–Kier alpha value is -4.48. The van der Waals surface area contributed by atoms with E-state index < -0.39 is 60.1 Å². The number of benzene rings is 6. The molecule has 32 heteroatoms. The summed E-state index contributed by atoms with van der Waals surface area (Å²) in [6.07, 6.45) is 2.22. The molecule has 0 radical (unpaired) electrons. The van der Waals surface area contributed by atoms with Gasteiger partial charge in [0.1, 0.15) is 40.5 Å². The van der Waals surface area contributed by atoms with Crippen LogP contribution in [0.3, 0.4) is 0 Å². The zero-order valence-electron chi connectivity index (χ0n) is 40.2.